The molecule has 0 aromatic rings. The Morgan fingerprint density at radius 2 is 1.42 bits per heavy atom. The highest BCUT2D eigenvalue weighted by atomic mass is 16.4. The molecule has 0 spiro atoms. The lowest BCUT2D eigenvalue weighted by Crippen LogP contribution is -2.02. The molecule has 0 fully saturated rings. The number of aliphatic hydroxyl groups excluding tert-OH is 2. The van der Waals surface area contributed by atoms with Crippen LogP contribution in [-0.2, 0) is 4.79 Å². The zero-order valence-electron chi connectivity index (χ0n) is 15.6. The van der Waals surface area contributed by atoms with Gasteiger partial charge in [-0.25, -0.2) is 0 Å². The van der Waals surface area contributed by atoms with E-state index in [9.17, 15) is 15.0 Å². The van der Waals surface area contributed by atoms with E-state index in [1.54, 1.807) is 24.3 Å². The summed E-state index contributed by atoms with van der Waals surface area (Å²) in [5, 5.41) is 27.9. The molecular formula is C22H32O4. The average molecular weight is 360 g/mol. The molecule has 0 aliphatic rings. The summed E-state index contributed by atoms with van der Waals surface area (Å²) in [5.41, 5.74) is 0. The number of hydrogen-bond donors (Lipinski definition) is 3. The van der Waals surface area contributed by atoms with E-state index in [2.05, 4.69) is 13.0 Å². The summed E-state index contributed by atoms with van der Waals surface area (Å²) in [4.78, 5) is 10.3. The van der Waals surface area contributed by atoms with E-state index in [-0.39, 0.29) is 12.5 Å². The van der Waals surface area contributed by atoms with Gasteiger partial charge in [0, 0.05) is 6.42 Å². The highest BCUT2D eigenvalue weighted by molar-refractivity contribution is 5.66. The van der Waals surface area contributed by atoms with Crippen LogP contribution < -0.4 is 0 Å². The van der Waals surface area contributed by atoms with E-state index in [0.29, 0.717) is 25.7 Å². The van der Waals surface area contributed by atoms with E-state index < -0.39 is 12.1 Å². The fourth-order valence-electron chi connectivity index (χ4n) is 1.92. The Kier molecular flexibility index (Phi) is 16.2. The van der Waals surface area contributed by atoms with Gasteiger partial charge in [0.05, 0.1) is 12.2 Å². The summed E-state index contributed by atoms with van der Waals surface area (Å²) in [5.74, 6) is -0.816. The topological polar surface area (TPSA) is 77.8 Å². The molecule has 26 heavy (non-hydrogen) atoms. The number of carbonyl (C=O) groups is 1. The minimum Gasteiger partial charge on any atom is -0.481 e. The van der Waals surface area contributed by atoms with Crippen LogP contribution >= 0.6 is 0 Å². The van der Waals surface area contributed by atoms with Crippen LogP contribution in [0.4, 0.5) is 0 Å². The second kappa shape index (κ2) is 17.6. The lowest BCUT2D eigenvalue weighted by molar-refractivity contribution is -0.136. The van der Waals surface area contributed by atoms with Gasteiger partial charge in [0.15, 0.2) is 0 Å². The number of allylic oxidation sites excluding steroid dienone is 8. The summed E-state index contributed by atoms with van der Waals surface area (Å²) in [6, 6.07) is 0. The second-order valence-electron chi connectivity index (χ2n) is 5.79. The fraction of sp³-hybridized carbons (Fsp3) is 0.409. The van der Waals surface area contributed by atoms with Crippen molar-refractivity contribution < 1.29 is 20.1 Å². The van der Waals surface area contributed by atoms with Gasteiger partial charge in [-0.05, 0) is 32.1 Å². The molecule has 0 rings (SSSR count). The molecule has 0 bridgehead atoms. The zero-order chi connectivity index (χ0) is 19.5. The molecule has 0 radical (unpaired) electrons. The van der Waals surface area contributed by atoms with Crippen LogP contribution in [-0.4, -0.2) is 33.5 Å². The van der Waals surface area contributed by atoms with Crippen molar-refractivity contribution in [2.24, 2.45) is 0 Å². The van der Waals surface area contributed by atoms with Crippen LogP contribution in [0.2, 0.25) is 0 Å². The van der Waals surface area contributed by atoms with Crippen molar-refractivity contribution in [1.29, 1.82) is 0 Å². The van der Waals surface area contributed by atoms with Crippen molar-refractivity contribution in [3.63, 3.8) is 0 Å². The van der Waals surface area contributed by atoms with Gasteiger partial charge in [0.1, 0.15) is 0 Å². The molecule has 2 atom stereocenters. The Balaban J connectivity index is 3.87. The first-order chi connectivity index (χ1) is 12.6. The van der Waals surface area contributed by atoms with Gasteiger partial charge in [-0.15, -0.1) is 0 Å². The number of aliphatic carboxylic acids is 1. The molecule has 4 nitrogen and oxygen atoms in total. The first kappa shape index (κ1) is 23.8. The lowest BCUT2D eigenvalue weighted by atomic mass is 10.1. The van der Waals surface area contributed by atoms with Gasteiger partial charge in [-0.3, -0.25) is 4.79 Å². The van der Waals surface area contributed by atoms with Crippen molar-refractivity contribution in [3.8, 4) is 0 Å². The molecule has 0 aliphatic heterocycles. The number of rotatable bonds is 14. The predicted octanol–water partition coefficient (Wildman–Crippen LogP) is 4.49. The third-order valence-electron chi connectivity index (χ3n) is 3.31. The smallest absolute Gasteiger partial charge is 0.303 e. The van der Waals surface area contributed by atoms with E-state index in [4.69, 9.17) is 5.11 Å². The maximum Gasteiger partial charge on any atom is 0.303 e. The summed E-state index contributed by atoms with van der Waals surface area (Å²) in [6.45, 7) is 2.07. The van der Waals surface area contributed by atoms with Gasteiger partial charge < -0.3 is 15.3 Å². The number of aliphatic hydroxyl groups is 2. The Labute approximate surface area is 157 Å². The Bertz CT molecular complexity index is 524. The van der Waals surface area contributed by atoms with Gasteiger partial charge >= 0.3 is 5.97 Å². The number of carboxylic acid groups (broad SMARTS) is 1. The summed E-state index contributed by atoms with van der Waals surface area (Å²) in [6.07, 6.45) is 24.8. The van der Waals surface area contributed by atoms with Crippen molar-refractivity contribution >= 4 is 5.97 Å². The number of hydrogen-bond acceptors (Lipinski definition) is 3. The summed E-state index contributed by atoms with van der Waals surface area (Å²) in [7, 11) is 0. The summed E-state index contributed by atoms with van der Waals surface area (Å²) < 4.78 is 0. The minimum atomic E-state index is -0.816. The molecule has 144 valence electrons. The van der Waals surface area contributed by atoms with Gasteiger partial charge in [0.2, 0.25) is 0 Å². The third-order valence-corrected chi connectivity index (χ3v) is 3.31. The van der Waals surface area contributed by atoms with Crippen LogP contribution in [0.15, 0.2) is 72.9 Å². The largest absolute Gasteiger partial charge is 0.481 e. The molecule has 0 saturated heterocycles. The molecule has 0 amide bonds. The molecule has 0 aromatic carbocycles. The quantitative estimate of drug-likeness (QED) is 0.315. The van der Waals surface area contributed by atoms with Crippen molar-refractivity contribution in [1.82, 2.24) is 0 Å². The van der Waals surface area contributed by atoms with Crippen LogP contribution in [0.25, 0.3) is 0 Å². The van der Waals surface area contributed by atoms with Crippen molar-refractivity contribution in [2.75, 3.05) is 0 Å². The highest BCUT2D eigenvalue weighted by Crippen LogP contribution is 2.01. The maximum atomic E-state index is 10.3. The second-order valence-corrected chi connectivity index (χ2v) is 5.79. The molecule has 0 saturated carbocycles. The number of carboxylic acids is 1. The van der Waals surface area contributed by atoms with Crippen LogP contribution in [0, 0.1) is 0 Å². The van der Waals surface area contributed by atoms with E-state index >= 15 is 0 Å². The van der Waals surface area contributed by atoms with E-state index in [0.717, 1.165) is 6.42 Å². The predicted molar refractivity (Wildman–Crippen MR) is 108 cm³/mol. The minimum absolute atomic E-state index is 0.112. The Morgan fingerprint density at radius 1 is 0.808 bits per heavy atom. The average Bonchev–Trinajstić information content (AvgIpc) is 2.60. The SMILES string of the molecule is CC/C=C\CC(O)C/C=C/C=C/C=C\C=C\C(O)C/C=C\CCC(=O)O. The maximum absolute atomic E-state index is 10.3. The summed E-state index contributed by atoms with van der Waals surface area (Å²) >= 11 is 0. The van der Waals surface area contributed by atoms with Gasteiger partial charge in [0.25, 0.3) is 0 Å². The Hall–Kier alpha value is -2.17. The van der Waals surface area contributed by atoms with Crippen molar-refractivity contribution in [2.45, 2.75) is 57.7 Å². The molecule has 0 aromatic heterocycles. The molecule has 4 heteroatoms. The molecule has 2 unspecified atom stereocenters. The first-order valence-corrected chi connectivity index (χ1v) is 9.10. The zero-order valence-corrected chi connectivity index (χ0v) is 15.6. The van der Waals surface area contributed by atoms with Crippen molar-refractivity contribution in [3.05, 3.63) is 72.9 Å². The van der Waals surface area contributed by atoms with Crippen LogP contribution in [0.5, 0.6) is 0 Å². The molecule has 0 heterocycles. The van der Waals surface area contributed by atoms with E-state index in [1.165, 1.54) is 0 Å². The lowest BCUT2D eigenvalue weighted by Gasteiger charge is -2.02. The third kappa shape index (κ3) is 18.2. The monoisotopic (exact) mass is 360 g/mol. The molecule has 3 N–H and O–H groups in total. The molecular weight excluding hydrogens is 328 g/mol. The standard InChI is InChI=1S/C22H32O4/c1-2-3-10-15-20(23)16-11-7-5-4-6-8-12-17-21(24)18-13-9-14-19-22(25)26/h3-13,17,20-21,23-24H,2,14-16,18-19H2,1H3,(H,25,26)/b5-4+,8-6-,10-3-,11-7+,13-9-,17-12+. The fourth-order valence-corrected chi connectivity index (χ4v) is 1.92. The van der Waals surface area contributed by atoms with Crippen LogP contribution in [0.3, 0.4) is 0 Å². The first-order valence-electron chi connectivity index (χ1n) is 9.10. The van der Waals surface area contributed by atoms with Crippen LogP contribution in [0.1, 0.15) is 45.4 Å². The van der Waals surface area contributed by atoms with Gasteiger partial charge in [-0.1, -0.05) is 79.8 Å². The normalized spacial score (nSPS) is 15.5. The highest BCUT2D eigenvalue weighted by Gasteiger charge is 1.96. The Morgan fingerprint density at radius 3 is 2.12 bits per heavy atom. The van der Waals surface area contributed by atoms with Gasteiger partial charge in [-0.2, -0.15) is 0 Å². The van der Waals surface area contributed by atoms with E-state index in [1.807, 2.05) is 42.5 Å². The molecule has 0 aliphatic carbocycles.